The second-order valence-electron chi connectivity index (χ2n) is 4.97. The number of benzene rings is 1. The van der Waals surface area contributed by atoms with Crippen LogP contribution in [0.5, 0.6) is 0 Å². The summed E-state index contributed by atoms with van der Waals surface area (Å²) in [5.41, 5.74) is -1.51. The van der Waals surface area contributed by atoms with Crippen LogP contribution in [0.4, 0.5) is 24.7 Å². The molecule has 0 atom stereocenters. The van der Waals surface area contributed by atoms with Crippen molar-refractivity contribution in [1.29, 1.82) is 0 Å². The third-order valence-electron chi connectivity index (χ3n) is 3.03. The molecule has 1 aromatic carbocycles. The maximum Gasteiger partial charge on any atom is 0.433 e. The van der Waals surface area contributed by atoms with Gasteiger partial charge >= 0.3 is 18.0 Å². The van der Waals surface area contributed by atoms with Crippen molar-refractivity contribution in [3.8, 4) is 0 Å². The Morgan fingerprint density at radius 3 is 2.56 bits per heavy atom. The molecule has 0 fully saturated rings. The number of esters is 1. The summed E-state index contributed by atoms with van der Waals surface area (Å²) < 4.78 is 47.8. The molecule has 2 rings (SSSR count). The van der Waals surface area contributed by atoms with Crippen molar-refractivity contribution in [3.63, 3.8) is 0 Å². The van der Waals surface area contributed by atoms with Gasteiger partial charge < -0.3 is 14.5 Å². The maximum atomic E-state index is 12.8. The smallest absolute Gasteiger partial charge is 0.433 e. The van der Waals surface area contributed by atoms with E-state index in [0.717, 1.165) is 30.4 Å². The number of carbonyl (C=O) groups is 2. The number of hydrogen-bond acceptors (Lipinski definition) is 6. The van der Waals surface area contributed by atoms with E-state index in [-0.39, 0.29) is 5.76 Å². The Hall–Kier alpha value is -3.63. The third-order valence-corrected chi connectivity index (χ3v) is 3.03. The molecule has 0 aliphatic carbocycles. The lowest BCUT2D eigenvalue weighted by atomic mass is 10.1. The maximum absolute atomic E-state index is 12.8. The van der Waals surface area contributed by atoms with Crippen molar-refractivity contribution in [3.05, 3.63) is 63.9 Å². The normalized spacial score (nSPS) is 11.4. The lowest BCUT2D eigenvalue weighted by Gasteiger charge is -2.13. The zero-order valence-electron chi connectivity index (χ0n) is 13.4. The Kier molecular flexibility index (Phi) is 5.96. The summed E-state index contributed by atoms with van der Waals surface area (Å²) in [6, 6.07) is 6.66. The lowest BCUT2D eigenvalue weighted by Crippen LogP contribution is -2.22. The Morgan fingerprint density at radius 2 is 1.93 bits per heavy atom. The van der Waals surface area contributed by atoms with Gasteiger partial charge in [-0.05, 0) is 24.3 Å². The summed E-state index contributed by atoms with van der Waals surface area (Å²) in [5.74, 6) is -2.48. The summed E-state index contributed by atoms with van der Waals surface area (Å²) in [5, 5.41) is 12.5. The van der Waals surface area contributed by atoms with Gasteiger partial charge in [-0.3, -0.25) is 14.9 Å². The van der Waals surface area contributed by atoms with E-state index in [1.807, 2.05) is 5.32 Å². The van der Waals surface area contributed by atoms with Crippen LogP contribution in [0.2, 0.25) is 0 Å². The number of halogens is 3. The number of nitrogens with zero attached hydrogens (tertiary/aromatic N) is 1. The predicted octanol–water partition coefficient (Wildman–Crippen LogP) is 3.40. The number of carbonyl (C=O) groups excluding carboxylic acids is 2. The van der Waals surface area contributed by atoms with E-state index < -0.39 is 46.7 Å². The fourth-order valence-electron chi connectivity index (χ4n) is 1.89. The number of rotatable bonds is 6. The number of hydrogen-bond donors (Lipinski definition) is 1. The monoisotopic (exact) mass is 384 g/mol. The highest BCUT2D eigenvalue weighted by Crippen LogP contribution is 2.34. The highest BCUT2D eigenvalue weighted by atomic mass is 19.4. The fourth-order valence-corrected chi connectivity index (χ4v) is 1.89. The van der Waals surface area contributed by atoms with Crippen molar-refractivity contribution >= 4 is 29.5 Å². The molecule has 0 saturated carbocycles. The summed E-state index contributed by atoms with van der Waals surface area (Å²) >= 11 is 0. The van der Waals surface area contributed by atoms with Crippen LogP contribution in [0.3, 0.4) is 0 Å². The summed E-state index contributed by atoms with van der Waals surface area (Å²) in [6.07, 6.45) is -2.74. The first-order chi connectivity index (χ1) is 12.7. The highest BCUT2D eigenvalue weighted by molar-refractivity contribution is 5.95. The first-order valence-electron chi connectivity index (χ1n) is 7.22. The van der Waals surface area contributed by atoms with Gasteiger partial charge in [0, 0.05) is 6.08 Å². The van der Waals surface area contributed by atoms with Crippen LogP contribution in [-0.4, -0.2) is 23.4 Å². The van der Waals surface area contributed by atoms with Gasteiger partial charge in [0.15, 0.2) is 6.61 Å². The number of para-hydroxylation sites is 1. The van der Waals surface area contributed by atoms with Crippen molar-refractivity contribution < 1.29 is 36.8 Å². The van der Waals surface area contributed by atoms with Gasteiger partial charge in [0.25, 0.3) is 5.91 Å². The molecule has 142 valence electrons. The second kappa shape index (κ2) is 8.17. The minimum Gasteiger partial charge on any atom is -0.452 e. The van der Waals surface area contributed by atoms with Gasteiger partial charge in [0.05, 0.1) is 17.3 Å². The van der Waals surface area contributed by atoms with Crippen LogP contribution in [-0.2, 0) is 20.5 Å². The summed E-state index contributed by atoms with van der Waals surface area (Å²) in [4.78, 5) is 32.9. The first-order valence-corrected chi connectivity index (χ1v) is 7.22. The average Bonchev–Trinajstić information content (AvgIpc) is 3.07. The van der Waals surface area contributed by atoms with E-state index in [1.54, 1.807) is 0 Å². The molecule has 8 nitrogen and oxygen atoms in total. The molecule has 1 N–H and O–H groups in total. The van der Waals surface area contributed by atoms with Crippen molar-refractivity contribution in [2.24, 2.45) is 0 Å². The van der Waals surface area contributed by atoms with E-state index in [2.05, 4.69) is 4.74 Å². The molecule has 11 heteroatoms. The molecule has 1 heterocycles. The van der Waals surface area contributed by atoms with Crippen molar-refractivity contribution in [1.82, 2.24) is 0 Å². The molecule has 1 amide bonds. The number of nitro groups is 1. The molecular formula is C16H11F3N2O6. The van der Waals surface area contributed by atoms with E-state index in [0.29, 0.717) is 0 Å². The van der Waals surface area contributed by atoms with Crippen LogP contribution < -0.4 is 5.32 Å². The Morgan fingerprint density at radius 1 is 1.22 bits per heavy atom. The molecule has 27 heavy (non-hydrogen) atoms. The predicted molar refractivity (Wildman–Crippen MR) is 85.4 cm³/mol. The van der Waals surface area contributed by atoms with Crippen LogP contribution in [0, 0.1) is 10.1 Å². The SMILES string of the molecule is O=C(COC(=O)/C=C/c1ccc([N+](=O)[O-])o1)Nc1ccccc1C(F)(F)F. The van der Waals surface area contributed by atoms with Crippen LogP contribution in [0.1, 0.15) is 11.3 Å². The third kappa shape index (κ3) is 5.70. The summed E-state index contributed by atoms with van der Waals surface area (Å²) in [7, 11) is 0. The van der Waals surface area contributed by atoms with E-state index >= 15 is 0 Å². The first kappa shape index (κ1) is 19.7. The van der Waals surface area contributed by atoms with Gasteiger partial charge in [0.2, 0.25) is 0 Å². The number of ether oxygens (including phenoxy) is 1. The van der Waals surface area contributed by atoms with Crippen LogP contribution >= 0.6 is 0 Å². The molecule has 0 aliphatic heterocycles. The molecule has 0 bridgehead atoms. The zero-order valence-corrected chi connectivity index (χ0v) is 13.4. The van der Waals surface area contributed by atoms with Crippen molar-refractivity contribution in [2.75, 3.05) is 11.9 Å². The van der Waals surface area contributed by atoms with Crippen molar-refractivity contribution in [2.45, 2.75) is 6.18 Å². The van der Waals surface area contributed by atoms with E-state index in [9.17, 15) is 32.9 Å². The van der Waals surface area contributed by atoms with Crippen LogP contribution in [0.25, 0.3) is 6.08 Å². The molecule has 0 saturated heterocycles. The Bertz CT molecular complexity index is 888. The highest BCUT2D eigenvalue weighted by Gasteiger charge is 2.33. The quantitative estimate of drug-likeness (QED) is 0.354. The van der Waals surface area contributed by atoms with Gasteiger partial charge in [-0.2, -0.15) is 13.2 Å². The Labute approximate surface area is 149 Å². The van der Waals surface area contributed by atoms with Gasteiger partial charge in [-0.15, -0.1) is 0 Å². The number of alkyl halides is 3. The zero-order chi connectivity index (χ0) is 20.0. The number of amides is 1. The van der Waals surface area contributed by atoms with E-state index in [4.69, 9.17) is 4.42 Å². The molecule has 0 radical (unpaired) electrons. The van der Waals surface area contributed by atoms with Gasteiger partial charge in [-0.25, -0.2) is 4.79 Å². The fraction of sp³-hybridized carbons (Fsp3) is 0.125. The number of nitrogens with one attached hydrogen (secondary N) is 1. The van der Waals surface area contributed by atoms with E-state index in [1.165, 1.54) is 18.2 Å². The molecule has 0 unspecified atom stereocenters. The molecule has 0 aliphatic rings. The Balaban J connectivity index is 1.89. The van der Waals surface area contributed by atoms with Gasteiger partial charge in [-0.1, -0.05) is 12.1 Å². The molecule has 1 aromatic heterocycles. The minimum atomic E-state index is -4.66. The average molecular weight is 384 g/mol. The van der Waals surface area contributed by atoms with Crippen LogP contribution in [0.15, 0.2) is 46.9 Å². The number of furan rings is 1. The molecular weight excluding hydrogens is 373 g/mol. The largest absolute Gasteiger partial charge is 0.452 e. The summed E-state index contributed by atoms with van der Waals surface area (Å²) in [6.45, 7) is -0.826. The lowest BCUT2D eigenvalue weighted by molar-refractivity contribution is -0.402. The topological polar surface area (TPSA) is 112 Å². The standard InChI is InChI=1S/C16H11F3N2O6/c17-16(18,19)11-3-1-2-4-12(11)20-13(22)9-26-15(23)8-6-10-5-7-14(27-10)21(24)25/h1-8H,9H2,(H,20,22)/b8-6+. The molecule has 2 aromatic rings. The van der Waals surface area contributed by atoms with Gasteiger partial charge in [0.1, 0.15) is 10.7 Å². The molecule has 0 spiro atoms. The minimum absolute atomic E-state index is 0.00204. The number of anilines is 1. The second-order valence-corrected chi connectivity index (χ2v) is 4.97.